The van der Waals surface area contributed by atoms with Gasteiger partial charge in [0, 0.05) is 18.5 Å². The van der Waals surface area contributed by atoms with Gasteiger partial charge in [0.1, 0.15) is 5.58 Å². The topological polar surface area (TPSA) is 45.9 Å². The number of hydrogen-bond donors (Lipinski definition) is 0. The molecule has 4 rings (SSSR count). The van der Waals surface area contributed by atoms with Crippen LogP contribution in [0.4, 0.5) is 0 Å². The number of para-hydroxylation sites is 1. The van der Waals surface area contributed by atoms with E-state index in [1.165, 1.54) is 0 Å². The predicted molar refractivity (Wildman–Crippen MR) is 105 cm³/mol. The molecule has 2 heterocycles. The summed E-state index contributed by atoms with van der Waals surface area (Å²) in [4.78, 5) is 17.3. The first-order valence-electron chi connectivity index (χ1n) is 9.24. The van der Waals surface area contributed by atoms with Crippen LogP contribution in [-0.2, 0) is 4.74 Å². The summed E-state index contributed by atoms with van der Waals surface area (Å²) < 4.78 is 11.9. The average Bonchev–Trinajstić information content (AvgIpc) is 3.12. The van der Waals surface area contributed by atoms with Gasteiger partial charge in [-0.2, -0.15) is 0 Å². The molecule has 140 valence electrons. The molecule has 1 amide bonds. The Morgan fingerprint density at radius 3 is 2.59 bits per heavy atom. The van der Waals surface area contributed by atoms with Crippen molar-refractivity contribution < 1.29 is 13.9 Å². The van der Waals surface area contributed by atoms with Gasteiger partial charge in [-0.15, -0.1) is 0 Å². The SMILES string of the molecule is CN(C)C[C@@H]1OCCN(C(=O)c2cc3ccccc3o2)[C@H]1c1ccccc1. The Hall–Kier alpha value is -2.63. The number of ether oxygens (including phenoxy) is 1. The van der Waals surface area contributed by atoms with Crippen molar-refractivity contribution in [3.8, 4) is 0 Å². The number of furan rings is 1. The predicted octanol–water partition coefficient (Wildman–Crippen LogP) is 3.58. The molecule has 0 radical (unpaired) electrons. The maximum atomic E-state index is 13.3. The minimum atomic E-state index is -0.150. The second kappa shape index (κ2) is 7.55. The summed E-state index contributed by atoms with van der Waals surface area (Å²) >= 11 is 0. The highest BCUT2D eigenvalue weighted by molar-refractivity contribution is 5.96. The van der Waals surface area contributed by atoms with Crippen LogP contribution in [0.5, 0.6) is 0 Å². The second-order valence-electron chi connectivity index (χ2n) is 7.17. The maximum absolute atomic E-state index is 13.3. The summed E-state index contributed by atoms with van der Waals surface area (Å²) in [6.07, 6.45) is -0.0931. The van der Waals surface area contributed by atoms with Crippen LogP contribution >= 0.6 is 0 Å². The van der Waals surface area contributed by atoms with Crippen LogP contribution in [0, 0.1) is 0 Å². The zero-order valence-electron chi connectivity index (χ0n) is 15.7. The van der Waals surface area contributed by atoms with Crippen LogP contribution < -0.4 is 0 Å². The number of nitrogens with zero attached hydrogens (tertiary/aromatic N) is 2. The fraction of sp³-hybridized carbons (Fsp3) is 0.318. The lowest BCUT2D eigenvalue weighted by molar-refractivity contribution is -0.0691. The van der Waals surface area contributed by atoms with E-state index in [9.17, 15) is 4.79 Å². The molecule has 0 unspecified atom stereocenters. The molecule has 5 nitrogen and oxygen atoms in total. The van der Waals surface area contributed by atoms with Crippen LogP contribution in [0.2, 0.25) is 0 Å². The van der Waals surface area contributed by atoms with Gasteiger partial charge in [-0.25, -0.2) is 0 Å². The van der Waals surface area contributed by atoms with Crippen LogP contribution in [0.15, 0.2) is 65.1 Å². The summed E-state index contributed by atoms with van der Waals surface area (Å²) in [6, 6.07) is 19.5. The zero-order chi connectivity index (χ0) is 18.8. The summed E-state index contributed by atoms with van der Waals surface area (Å²) in [5.74, 6) is 0.287. The van der Waals surface area contributed by atoms with Crippen LogP contribution in [0.1, 0.15) is 22.2 Å². The Bertz CT molecular complexity index is 886. The van der Waals surface area contributed by atoms with Crippen LogP contribution in [-0.4, -0.2) is 55.6 Å². The van der Waals surface area contributed by atoms with Crippen molar-refractivity contribution in [2.45, 2.75) is 12.1 Å². The first-order valence-corrected chi connectivity index (χ1v) is 9.24. The Morgan fingerprint density at radius 2 is 1.85 bits per heavy atom. The lowest BCUT2D eigenvalue weighted by Crippen LogP contribution is -2.51. The molecule has 1 aromatic heterocycles. The van der Waals surface area contributed by atoms with Crippen molar-refractivity contribution in [2.75, 3.05) is 33.8 Å². The van der Waals surface area contributed by atoms with Crippen molar-refractivity contribution in [1.29, 1.82) is 0 Å². The van der Waals surface area contributed by atoms with E-state index < -0.39 is 0 Å². The van der Waals surface area contributed by atoms with Crippen molar-refractivity contribution in [1.82, 2.24) is 9.80 Å². The third kappa shape index (κ3) is 3.61. The smallest absolute Gasteiger partial charge is 0.290 e. The van der Waals surface area contributed by atoms with Crippen molar-refractivity contribution >= 4 is 16.9 Å². The molecule has 0 bridgehead atoms. The fourth-order valence-corrected chi connectivity index (χ4v) is 3.75. The van der Waals surface area contributed by atoms with Gasteiger partial charge in [-0.3, -0.25) is 4.79 Å². The van der Waals surface area contributed by atoms with E-state index in [-0.39, 0.29) is 18.1 Å². The minimum absolute atomic E-state index is 0.0906. The molecule has 0 N–H and O–H groups in total. The first kappa shape index (κ1) is 17.8. The summed E-state index contributed by atoms with van der Waals surface area (Å²) in [5.41, 5.74) is 1.81. The number of fused-ring (bicyclic) bond motifs is 1. The molecule has 1 aliphatic rings. The molecule has 5 heteroatoms. The molecule has 3 aromatic rings. The molecular formula is C22H24N2O3. The number of carbonyl (C=O) groups is 1. The molecule has 0 spiro atoms. The van der Waals surface area contributed by atoms with Gasteiger partial charge in [0.25, 0.3) is 5.91 Å². The van der Waals surface area contributed by atoms with Crippen molar-refractivity contribution in [3.05, 3.63) is 72.0 Å². The Morgan fingerprint density at radius 1 is 1.11 bits per heavy atom. The van der Waals surface area contributed by atoms with Gasteiger partial charge in [0.05, 0.1) is 18.8 Å². The highest BCUT2D eigenvalue weighted by Gasteiger charge is 2.37. The Balaban J connectivity index is 1.70. The number of carbonyl (C=O) groups excluding carboxylic acids is 1. The Kier molecular flexibility index (Phi) is 4.97. The van der Waals surface area contributed by atoms with E-state index in [4.69, 9.17) is 9.15 Å². The number of morpholine rings is 1. The number of hydrogen-bond acceptors (Lipinski definition) is 4. The summed E-state index contributed by atoms with van der Waals surface area (Å²) in [6.45, 7) is 1.80. The number of benzene rings is 2. The Labute approximate surface area is 159 Å². The highest BCUT2D eigenvalue weighted by Crippen LogP contribution is 2.32. The zero-order valence-corrected chi connectivity index (χ0v) is 15.7. The molecule has 0 aliphatic carbocycles. The lowest BCUT2D eigenvalue weighted by atomic mass is 9.97. The minimum Gasteiger partial charge on any atom is -0.451 e. The van der Waals surface area contributed by atoms with Gasteiger partial charge in [0.15, 0.2) is 5.76 Å². The van der Waals surface area contributed by atoms with Crippen LogP contribution in [0.25, 0.3) is 11.0 Å². The average molecular weight is 364 g/mol. The van der Waals surface area contributed by atoms with Gasteiger partial charge >= 0.3 is 0 Å². The molecule has 2 aromatic carbocycles. The van der Waals surface area contributed by atoms with Crippen molar-refractivity contribution in [2.24, 2.45) is 0 Å². The molecule has 1 fully saturated rings. The standard InChI is InChI=1S/C22H24N2O3/c1-23(2)15-20-21(16-8-4-3-5-9-16)24(12-13-26-20)22(25)19-14-17-10-6-7-11-18(17)27-19/h3-11,14,20-21H,12-13,15H2,1-2H3/t20-,21-/m0/s1. The highest BCUT2D eigenvalue weighted by atomic mass is 16.5. The van der Waals surface area contributed by atoms with E-state index >= 15 is 0 Å². The molecule has 1 saturated heterocycles. The van der Waals surface area contributed by atoms with Gasteiger partial charge in [-0.05, 0) is 31.8 Å². The lowest BCUT2D eigenvalue weighted by Gasteiger charge is -2.42. The number of rotatable bonds is 4. The maximum Gasteiger partial charge on any atom is 0.290 e. The third-order valence-electron chi connectivity index (χ3n) is 4.94. The molecule has 27 heavy (non-hydrogen) atoms. The molecule has 1 aliphatic heterocycles. The molecular weight excluding hydrogens is 340 g/mol. The van der Waals surface area contributed by atoms with Gasteiger partial charge < -0.3 is 19.0 Å². The summed E-state index contributed by atoms with van der Waals surface area (Å²) in [7, 11) is 4.04. The monoisotopic (exact) mass is 364 g/mol. The second-order valence-corrected chi connectivity index (χ2v) is 7.17. The summed E-state index contributed by atoms with van der Waals surface area (Å²) in [5, 5.41) is 0.940. The fourth-order valence-electron chi connectivity index (χ4n) is 3.75. The van der Waals surface area contributed by atoms with Crippen LogP contribution in [0.3, 0.4) is 0 Å². The molecule has 2 atom stereocenters. The number of amides is 1. The quantitative estimate of drug-likeness (QED) is 0.710. The third-order valence-corrected chi connectivity index (χ3v) is 4.94. The van der Waals surface area contributed by atoms with Gasteiger partial charge in [0.2, 0.25) is 0 Å². The largest absolute Gasteiger partial charge is 0.451 e. The van der Waals surface area contributed by atoms with E-state index in [2.05, 4.69) is 17.0 Å². The molecule has 0 saturated carbocycles. The van der Waals surface area contributed by atoms with E-state index in [0.29, 0.717) is 18.9 Å². The first-order chi connectivity index (χ1) is 13.1. The normalized spacial score (nSPS) is 20.3. The van der Waals surface area contributed by atoms with Gasteiger partial charge in [-0.1, -0.05) is 48.5 Å². The number of likely N-dealkylation sites (N-methyl/N-ethyl adjacent to an activating group) is 1. The van der Waals surface area contributed by atoms with E-state index in [1.54, 1.807) is 0 Å². The van der Waals surface area contributed by atoms with E-state index in [0.717, 1.165) is 23.1 Å². The van der Waals surface area contributed by atoms with Crippen molar-refractivity contribution in [3.63, 3.8) is 0 Å². The van der Waals surface area contributed by atoms with E-state index in [1.807, 2.05) is 67.5 Å².